The molecule has 3 rings (SSSR count). The molecule has 2 N–H and O–H groups in total. The van der Waals surface area contributed by atoms with Crippen molar-refractivity contribution in [2.45, 2.75) is 26.4 Å². The van der Waals surface area contributed by atoms with Crippen molar-refractivity contribution < 1.29 is 13.9 Å². The number of nitrogens with one attached hydrogen (secondary N) is 2. The predicted molar refractivity (Wildman–Crippen MR) is 104 cm³/mol. The summed E-state index contributed by atoms with van der Waals surface area (Å²) in [5, 5.41) is 3.27. The fourth-order valence-corrected chi connectivity index (χ4v) is 3.03. The summed E-state index contributed by atoms with van der Waals surface area (Å²) < 4.78 is 12.3. The summed E-state index contributed by atoms with van der Waals surface area (Å²) >= 11 is 5.31. The number of rotatable bonds is 8. The maximum Gasteiger partial charge on any atom is 0.262 e. The van der Waals surface area contributed by atoms with Crippen molar-refractivity contribution >= 4 is 29.0 Å². The fraction of sp³-hybridized carbons (Fsp3) is 0.316. The highest BCUT2D eigenvalue weighted by Gasteiger charge is 2.11. The lowest BCUT2D eigenvalue weighted by atomic mass is 10.1. The van der Waals surface area contributed by atoms with Crippen LogP contribution in [0.2, 0.25) is 0 Å². The Morgan fingerprint density at radius 1 is 1.37 bits per heavy atom. The first-order chi connectivity index (χ1) is 13.1. The van der Waals surface area contributed by atoms with Crippen molar-refractivity contribution in [3.8, 4) is 0 Å². The zero-order chi connectivity index (χ0) is 19.2. The van der Waals surface area contributed by atoms with Gasteiger partial charge in [0.25, 0.3) is 11.5 Å². The van der Waals surface area contributed by atoms with Gasteiger partial charge in [0.2, 0.25) is 0 Å². The van der Waals surface area contributed by atoms with E-state index in [4.69, 9.17) is 21.4 Å². The van der Waals surface area contributed by atoms with Crippen molar-refractivity contribution in [3.05, 3.63) is 63.0 Å². The third-order valence-corrected chi connectivity index (χ3v) is 4.44. The number of aromatic amines is 1. The van der Waals surface area contributed by atoms with Gasteiger partial charge in [-0.3, -0.25) is 14.2 Å². The monoisotopic (exact) mass is 387 g/mol. The highest BCUT2D eigenvalue weighted by molar-refractivity contribution is 7.71. The van der Waals surface area contributed by atoms with Crippen LogP contribution in [-0.4, -0.2) is 28.7 Å². The Morgan fingerprint density at radius 3 is 2.96 bits per heavy atom. The van der Waals surface area contributed by atoms with E-state index in [-0.39, 0.29) is 11.5 Å². The van der Waals surface area contributed by atoms with E-state index >= 15 is 0 Å². The summed E-state index contributed by atoms with van der Waals surface area (Å²) in [6.45, 7) is 3.92. The fourth-order valence-electron chi connectivity index (χ4n) is 2.75. The number of furan rings is 1. The third-order valence-electron chi connectivity index (χ3n) is 4.12. The largest absolute Gasteiger partial charge is 0.467 e. The molecule has 0 atom stereocenters. The van der Waals surface area contributed by atoms with Crippen LogP contribution in [-0.2, 0) is 17.8 Å². The molecule has 7 nitrogen and oxygen atoms in total. The predicted octanol–water partition coefficient (Wildman–Crippen LogP) is 3.01. The van der Waals surface area contributed by atoms with Crippen LogP contribution >= 0.6 is 12.2 Å². The number of hydrogen-bond donors (Lipinski definition) is 2. The number of H-pyrrole nitrogens is 1. The molecule has 3 aromatic rings. The van der Waals surface area contributed by atoms with Gasteiger partial charge in [-0.15, -0.1) is 0 Å². The molecule has 0 saturated carbocycles. The molecule has 0 aliphatic rings. The number of hydrogen-bond acceptors (Lipinski definition) is 5. The second kappa shape index (κ2) is 8.79. The SMILES string of the molecule is CCOCCCn1c(=S)[nH]c2cc(C(=O)NCc3ccco3)ccc2c1=O. The van der Waals surface area contributed by atoms with Crippen molar-refractivity contribution in [2.75, 3.05) is 13.2 Å². The average Bonchev–Trinajstić information content (AvgIpc) is 3.18. The number of fused-ring (bicyclic) bond motifs is 1. The summed E-state index contributed by atoms with van der Waals surface area (Å²) in [7, 11) is 0. The highest BCUT2D eigenvalue weighted by atomic mass is 32.1. The number of nitrogens with zero attached hydrogens (tertiary/aromatic N) is 1. The van der Waals surface area contributed by atoms with E-state index in [1.165, 1.54) is 4.57 Å². The molecule has 2 aromatic heterocycles. The zero-order valence-corrected chi connectivity index (χ0v) is 15.8. The van der Waals surface area contributed by atoms with E-state index < -0.39 is 0 Å². The molecule has 8 heteroatoms. The molecule has 27 heavy (non-hydrogen) atoms. The van der Waals surface area contributed by atoms with Crippen molar-refractivity contribution in [1.29, 1.82) is 0 Å². The van der Waals surface area contributed by atoms with Crippen LogP contribution in [0, 0.1) is 4.77 Å². The van der Waals surface area contributed by atoms with Crippen LogP contribution in [0.1, 0.15) is 29.5 Å². The Labute approximate surface area is 161 Å². The van der Waals surface area contributed by atoms with Crippen LogP contribution in [0.5, 0.6) is 0 Å². The van der Waals surface area contributed by atoms with E-state index in [1.54, 1.807) is 36.6 Å². The molecule has 1 amide bonds. The molecule has 0 radical (unpaired) electrons. The third kappa shape index (κ3) is 4.53. The lowest BCUT2D eigenvalue weighted by Gasteiger charge is -2.09. The molecule has 0 aliphatic carbocycles. The minimum absolute atomic E-state index is 0.173. The van der Waals surface area contributed by atoms with Crippen LogP contribution < -0.4 is 10.9 Å². The lowest BCUT2D eigenvalue weighted by Crippen LogP contribution is -2.24. The Bertz CT molecular complexity index is 1040. The molecular weight excluding hydrogens is 366 g/mol. The first kappa shape index (κ1) is 19.1. The number of amides is 1. The number of carbonyl (C=O) groups excluding carboxylic acids is 1. The second-order valence-electron chi connectivity index (χ2n) is 5.96. The van der Waals surface area contributed by atoms with E-state index in [0.29, 0.717) is 59.7 Å². The molecule has 2 heterocycles. The van der Waals surface area contributed by atoms with Gasteiger partial charge < -0.3 is 19.5 Å². The quantitative estimate of drug-likeness (QED) is 0.458. The van der Waals surface area contributed by atoms with Gasteiger partial charge in [-0.25, -0.2) is 0 Å². The number of aromatic nitrogens is 2. The van der Waals surface area contributed by atoms with E-state index in [2.05, 4.69) is 10.3 Å². The average molecular weight is 387 g/mol. The standard InChI is InChI=1S/C19H21N3O4S/c1-2-25-9-4-8-22-18(24)15-7-6-13(11-16(15)21-19(22)27)17(23)20-12-14-5-3-10-26-14/h3,5-7,10-11H,2,4,8-9,12H2,1H3,(H,20,23)(H,21,27). The Morgan fingerprint density at radius 2 is 2.22 bits per heavy atom. The van der Waals surface area contributed by atoms with E-state index in [1.807, 2.05) is 6.92 Å². The van der Waals surface area contributed by atoms with E-state index in [0.717, 1.165) is 0 Å². The summed E-state index contributed by atoms with van der Waals surface area (Å²) in [4.78, 5) is 28.1. The summed E-state index contributed by atoms with van der Waals surface area (Å²) in [6, 6.07) is 8.45. The minimum atomic E-state index is -0.256. The van der Waals surface area contributed by atoms with Crippen LogP contribution in [0.15, 0.2) is 45.8 Å². The van der Waals surface area contributed by atoms with Crippen LogP contribution in [0.4, 0.5) is 0 Å². The van der Waals surface area contributed by atoms with E-state index in [9.17, 15) is 9.59 Å². The molecular formula is C19H21N3O4S. The molecule has 0 unspecified atom stereocenters. The lowest BCUT2D eigenvalue weighted by molar-refractivity contribution is 0.0948. The molecule has 0 fully saturated rings. The second-order valence-corrected chi connectivity index (χ2v) is 6.35. The molecule has 0 aliphatic heterocycles. The number of carbonyl (C=O) groups is 1. The van der Waals surface area contributed by atoms with Crippen LogP contribution in [0.3, 0.4) is 0 Å². The van der Waals surface area contributed by atoms with Gasteiger partial charge in [0.05, 0.1) is 23.7 Å². The molecule has 142 valence electrons. The van der Waals surface area contributed by atoms with Gasteiger partial charge >= 0.3 is 0 Å². The minimum Gasteiger partial charge on any atom is -0.467 e. The molecule has 0 saturated heterocycles. The van der Waals surface area contributed by atoms with Gasteiger partial charge in [-0.1, -0.05) is 0 Å². The van der Waals surface area contributed by atoms with Crippen molar-refractivity contribution in [3.63, 3.8) is 0 Å². The summed E-state index contributed by atoms with van der Waals surface area (Å²) in [5.41, 5.74) is 0.803. The molecule has 1 aromatic carbocycles. The molecule has 0 spiro atoms. The Hall–Kier alpha value is -2.71. The van der Waals surface area contributed by atoms with Gasteiger partial charge in [0, 0.05) is 25.3 Å². The normalized spacial score (nSPS) is 11.0. The first-order valence-electron chi connectivity index (χ1n) is 8.75. The maximum absolute atomic E-state index is 12.7. The van der Waals surface area contributed by atoms with Gasteiger partial charge in [-0.2, -0.15) is 0 Å². The van der Waals surface area contributed by atoms with Crippen LogP contribution in [0.25, 0.3) is 10.9 Å². The van der Waals surface area contributed by atoms with Crippen molar-refractivity contribution in [1.82, 2.24) is 14.9 Å². The first-order valence-corrected chi connectivity index (χ1v) is 9.16. The van der Waals surface area contributed by atoms with Crippen molar-refractivity contribution in [2.24, 2.45) is 0 Å². The number of benzene rings is 1. The molecule has 0 bridgehead atoms. The summed E-state index contributed by atoms with van der Waals surface area (Å²) in [6.07, 6.45) is 2.25. The Balaban J connectivity index is 1.80. The summed E-state index contributed by atoms with van der Waals surface area (Å²) in [5.74, 6) is 0.409. The number of ether oxygens (including phenoxy) is 1. The highest BCUT2D eigenvalue weighted by Crippen LogP contribution is 2.11. The van der Waals surface area contributed by atoms with Gasteiger partial charge in [-0.05, 0) is 55.9 Å². The van der Waals surface area contributed by atoms with Gasteiger partial charge in [0.15, 0.2) is 4.77 Å². The topological polar surface area (TPSA) is 89.3 Å². The maximum atomic E-state index is 12.7. The smallest absolute Gasteiger partial charge is 0.262 e. The zero-order valence-electron chi connectivity index (χ0n) is 15.0. The van der Waals surface area contributed by atoms with Gasteiger partial charge in [0.1, 0.15) is 5.76 Å². The Kier molecular flexibility index (Phi) is 6.20.